The summed E-state index contributed by atoms with van der Waals surface area (Å²) in [5.41, 5.74) is 0. The maximum Gasteiger partial charge on any atom is 0.0614 e. The largest absolute Gasteiger partial charge is 0.393 e. The fourth-order valence-electron chi connectivity index (χ4n) is 5.22. The summed E-state index contributed by atoms with van der Waals surface area (Å²) in [6.45, 7) is 14.5. The van der Waals surface area contributed by atoms with Crippen molar-refractivity contribution < 1.29 is 20.1 Å². The molecule has 0 amide bonds. The summed E-state index contributed by atoms with van der Waals surface area (Å²) in [5.74, 6) is 3.37. The van der Waals surface area contributed by atoms with Crippen LogP contribution < -0.4 is 0 Å². The number of rotatable bonds is 3. The molecule has 0 spiro atoms. The molecule has 0 aromatic carbocycles. The van der Waals surface area contributed by atoms with Crippen LogP contribution in [-0.4, -0.2) is 46.8 Å². The molecule has 0 aromatic rings. The Morgan fingerprint density at radius 3 is 1.17 bits per heavy atom. The van der Waals surface area contributed by atoms with Gasteiger partial charge in [-0.15, -0.1) is 0 Å². The van der Waals surface area contributed by atoms with Crippen LogP contribution in [-0.2, 0) is 4.74 Å². The SMILES string of the molecule is CC(C)[C@H]1CCCC[C@@H]1O.CC(C)[C@H]1CCCC[C@@H]1O.CC(C)[C@H]1COCC[C@@H]1O. The average Bonchev–Trinajstić information content (AvgIpc) is 2.69. The van der Waals surface area contributed by atoms with Crippen molar-refractivity contribution in [3.63, 3.8) is 0 Å². The van der Waals surface area contributed by atoms with Crippen molar-refractivity contribution in [2.45, 2.75) is 118 Å². The number of ether oxygens (including phenoxy) is 1. The first-order valence-corrected chi connectivity index (χ1v) is 12.8. The lowest BCUT2D eigenvalue weighted by Crippen LogP contribution is -2.35. The molecule has 2 aliphatic carbocycles. The van der Waals surface area contributed by atoms with Gasteiger partial charge in [-0.25, -0.2) is 0 Å². The summed E-state index contributed by atoms with van der Waals surface area (Å²) >= 11 is 0. The van der Waals surface area contributed by atoms with Gasteiger partial charge in [-0.1, -0.05) is 67.2 Å². The van der Waals surface area contributed by atoms with E-state index < -0.39 is 0 Å². The third-order valence-corrected chi connectivity index (χ3v) is 7.49. The van der Waals surface area contributed by atoms with Crippen molar-refractivity contribution in [1.29, 1.82) is 0 Å². The van der Waals surface area contributed by atoms with Crippen LogP contribution in [0.1, 0.15) is 99.3 Å². The van der Waals surface area contributed by atoms with E-state index in [-0.39, 0.29) is 18.3 Å². The van der Waals surface area contributed by atoms with Crippen LogP contribution in [0.4, 0.5) is 0 Å². The van der Waals surface area contributed by atoms with Gasteiger partial charge in [0.1, 0.15) is 0 Å². The van der Waals surface area contributed by atoms with Gasteiger partial charge < -0.3 is 20.1 Å². The highest BCUT2D eigenvalue weighted by molar-refractivity contribution is 4.77. The molecule has 3 N–H and O–H groups in total. The monoisotopic (exact) mass is 428 g/mol. The van der Waals surface area contributed by atoms with Crippen LogP contribution >= 0.6 is 0 Å². The van der Waals surface area contributed by atoms with Gasteiger partial charge in [-0.3, -0.25) is 0 Å². The molecule has 30 heavy (non-hydrogen) atoms. The molecular weight excluding hydrogens is 376 g/mol. The Bertz CT molecular complexity index is 361. The van der Waals surface area contributed by atoms with Crippen LogP contribution in [0.5, 0.6) is 0 Å². The van der Waals surface area contributed by atoms with Crippen molar-refractivity contribution in [1.82, 2.24) is 0 Å². The summed E-state index contributed by atoms with van der Waals surface area (Å²) in [4.78, 5) is 0. The zero-order valence-corrected chi connectivity index (χ0v) is 20.7. The minimum Gasteiger partial charge on any atom is -0.393 e. The smallest absolute Gasteiger partial charge is 0.0614 e. The van der Waals surface area contributed by atoms with E-state index in [0.29, 0.717) is 35.5 Å². The molecule has 0 bridgehead atoms. The highest BCUT2D eigenvalue weighted by Crippen LogP contribution is 2.30. The summed E-state index contributed by atoms with van der Waals surface area (Å²) in [5, 5.41) is 28.5. The molecule has 3 fully saturated rings. The minimum atomic E-state index is -0.131. The van der Waals surface area contributed by atoms with E-state index in [4.69, 9.17) is 4.74 Å². The molecule has 180 valence electrons. The van der Waals surface area contributed by atoms with Gasteiger partial charge in [0.2, 0.25) is 0 Å². The fourth-order valence-corrected chi connectivity index (χ4v) is 5.22. The normalized spacial score (nSPS) is 34.8. The highest BCUT2D eigenvalue weighted by Gasteiger charge is 2.27. The van der Waals surface area contributed by atoms with Crippen molar-refractivity contribution in [3.05, 3.63) is 0 Å². The van der Waals surface area contributed by atoms with Gasteiger partial charge in [0, 0.05) is 12.5 Å². The summed E-state index contributed by atoms with van der Waals surface area (Å²) in [7, 11) is 0. The average molecular weight is 429 g/mol. The minimum absolute atomic E-state index is 0.00579. The summed E-state index contributed by atoms with van der Waals surface area (Å²) < 4.78 is 5.25. The van der Waals surface area contributed by atoms with Crippen LogP contribution in [0, 0.1) is 35.5 Å². The van der Waals surface area contributed by atoms with Crippen LogP contribution in [0.25, 0.3) is 0 Å². The van der Waals surface area contributed by atoms with Crippen LogP contribution in [0.3, 0.4) is 0 Å². The Kier molecular flexibility index (Phi) is 13.8. The van der Waals surface area contributed by atoms with E-state index in [1.165, 1.54) is 38.5 Å². The molecule has 3 aliphatic rings. The first kappa shape index (κ1) is 27.9. The van der Waals surface area contributed by atoms with E-state index in [1.807, 2.05) is 0 Å². The van der Waals surface area contributed by atoms with Gasteiger partial charge in [0.25, 0.3) is 0 Å². The van der Waals surface area contributed by atoms with Crippen molar-refractivity contribution in [2.75, 3.05) is 13.2 Å². The molecule has 2 saturated carbocycles. The molecule has 3 rings (SSSR count). The van der Waals surface area contributed by atoms with Gasteiger partial charge in [0.15, 0.2) is 0 Å². The molecule has 1 heterocycles. The lowest BCUT2D eigenvalue weighted by molar-refractivity contribution is -0.0519. The van der Waals surface area contributed by atoms with Gasteiger partial charge in [-0.05, 0) is 61.7 Å². The maximum absolute atomic E-state index is 9.54. The zero-order valence-electron chi connectivity index (χ0n) is 20.7. The van der Waals surface area contributed by atoms with Crippen LogP contribution in [0.2, 0.25) is 0 Å². The predicted octanol–water partition coefficient (Wildman–Crippen LogP) is 5.43. The first-order valence-electron chi connectivity index (χ1n) is 12.8. The molecular formula is C26H52O4. The molecule has 4 nitrogen and oxygen atoms in total. The first-order chi connectivity index (χ1) is 14.1. The highest BCUT2D eigenvalue weighted by atomic mass is 16.5. The second kappa shape index (κ2) is 14.8. The van der Waals surface area contributed by atoms with E-state index in [9.17, 15) is 15.3 Å². The van der Waals surface area contributed by atoms with Gasteiger partial charge in [-0.2, -0.15) is 0 Å². The number of aliphatic hydroxyl groups is 3. The third-order valence-electron chi connectivity index (χ3n) is 7.49. The molecule has 0 aromatic heterocycles. The van der Waals surface area contributed by atoms with E-state index in [1.54, 1.807) is 0 Å². The van der Waals surface area contributed by atoms with Crippen LogP contribution in [0.15, 0.2) is 0 Å². The standard InChI is InChI=1S/2C9H18O.C8H16O2/c2*1-7(2)8-5-3-4-6-9(8)10;1-6(2)7-5-10-4-3-8(7)9/h2*7-10H,3-6H2,1-2H3;6-9H,3-5H2,1-2H3/t2*8-,9+;7-,8+/m111/s1. The van der Waals surface area contributed by atoms with E-state index >= 15 is 0 Å². The quantitative estimate of drug-likeness (QED) is 0.561. The topological polar surface area (TPSA) is 69.9 Å². The summed E-state index contributed by atoms with van der Waals surface area (Å²) in [6.07, 6.45) is 10.3. The van der Waals surface area contributed by atoms with Gasteiger partial charge >= 0.3 is 0 Å². The molecule has 1 saturated heterocycles. The molecule has 4 heteroatoms. The maximum atomic E-state index is 9.54. The second-order valence-corrected chi connectivity index (χ2v) is 10.9. The molecule has 0 unspecified atom stereocenters. The number of aliphatic hydroxyl groups excluding tert-OH is 3. The van der Waals surface area contributed by atoms with E-state index in [0.717, 1.165) is 32.5 Å². The molecule has 0 radical (unpaired) electrons. The summed E-state index contributed by atoms with van der Waals surface area (Å²) in [6, 6.07) is 0. The Morgan fingerprint density at radius 2 is 0.900 bits per heavy atom. The van der Waals surface area contributed by atoms with Crippen molar-refractivity contribution in [2.24, 2.45) is 35.5 Å². The van der Waals surface area contributed by atoms with Crippen molar-refractivity contribution in [3.8, 4) is 0 Å². The van der Waals surface area contributed by atoms with Gasteiger partial charge in [0.05, 0.1) is 24.9 Å². The third kappa shape index (κ3) is 9.97. The lowest BCUT2D eigenvalue weighted by Gasteiger charge is -2.30. The Hall–Kier alpha value is -0.160. The van der Waals surface area contributed by atoms with Crippen molar-refractivity contribution >= 4 is 0 Å². The zero-order chi connectivity index (χ0) is 22.7. The van der Waals surface area contributed by atoms with E-state index in [2.05, 4.69) is 41.5 Å². The predicted molar refractivity (Wildman–Crippen MR) is 125 cm³/mol. The Morgan fingerprint density at radius 1 is 0.533 bits per heavy atom. The Balaban J connectivity index is 0.000000225. The Labute approximate surface area is 186 Å². The molecule has 1 aliphatic heterocycles. The molecule has 6 atom stereocenters. The fraction of sp³-hybridized carbons (Fsp3) is 1.00. The number of hydrogen-bond acceptors (Lipinski definition) is 4. The second-order valence-electron chi connectivity index (χ2n) is 10.9. The lowest BCUT2D eigenvalue weighted by atomic mass is 9.79. The number of hydrogen-bond donors (Lipinski definition) is 3.